The zero-order valence-electron chi connectivity index (χ0n) is 14.9. The van der Waals surface area contributed by atoms with Crippen LogP contribution in [0.15, 0.2) is 42.5 Å². The van der Waals surface area contributed by atoms with E-state index in [0.29, 0.717) is 26.1 Å². The van der Waals surface area contributed by atoms with E-state index in [1.54, 1.807) is 4.90 Å². The molecule has 0 aliphatic carbocycles. The minimum absolute atomic E-state index is 0.0337. The van der Waals surface area contributed by atoms with Crippen molar-refractivity contribution in [3.63, 3.8) is 0 Å². The number of hydrogen-bond donors (Lipinski definition) is 1. The minimum atomic E-state index is -0.246. The highest BCUT2D eigenvalue weighted by atomic mass is 16.2. The molecule has 5 nitrogen and oxygen atoms in total. The monoisotopic (exact) mass is 339 g/mol. The summed E-state index contributed by atoms with van der Waals surface area (Å²) in [4.78, 5) is 28.4. The lowest BCUT2D eigenvalue weighted by molar-refractivity contribution is -0.129. The minimum Gasteiger partial charge on any atom is -0.352 e. The van der Waals surface area contributed by atoms with Gasteiger partial charge in [0.05, 0.1) is 5.92 Å². The normalized spacial score (nSPS) is 17.5. The van der Waals surface area contributed by atoms with Crippen LogP contribution in [0.3, 0.4) is 0 Å². The Hall–Kier alpha value is -2.40. The van der Waals surface area contributed by atoms with E-state index in [4.69, 9.17) is 0 Å². The highest BCUT2D eigenvalue weighted by Crippen LogP contribution is 2.20. The summed E-state index contributed by atoms with van der Waals surface area (Å²) in [6.45, 7) is 2.51. The van der Waals surface area contributed by atoms with Crippen LogP contribution in [0.4, 0.5) is 0 Å². The van der Waals surface area contributed by atoms with Gasteiger partial charge in [-0.2, -0.15) is 0 Å². The smallest absolute Gasteiger partial charge is 0.225 e. The SMILES string of the molecule is CN(C)CCN1CC(C(=O)NCc2cccc3ccccc23)CC1=O. The molecular weight excluding hydrogens is 314 g/mol. The maximum absolute atomic E-state index is 12.5. The van der Waals surface area contributed by atoms with Crippen LogP contribution in [0, 0.1) is 5.92 Å². The number of benzene rings is 2. The second kappa shape index (κ2) is 7.66. The average molecular weight is 339 g/mol. The number of carbonyl (C=O) groups excluding carboxylic acids is 2. The summed E-state index contributed by atoms with van der Waals surface area (Å²) in [5.41, 5.74) is 1.10. The van der Waals surface area contributed by atoms with E-state index in [2.05, 4.69) is 23.5 Å². The van der Waals surface area contributed by atoms with Gasteiger partial charge in [0.1, 0.15) is 0 Å². The van der Waals surface area contributed by atoms with Crippen molar-refractivity contribution in [2.24, 2.45) is 5.92 Å². The molecule has 0 spiro atoms. The van der Waals surface area contributed by atoms with Crippen molar-refractivity contribution in [1.29, 1.82) is 0 Å². The molecule has 1 unspecified atom stereocenters. The van der Waals surface area contributed by atoms with Gasteiger partial charge in [-0.15, -0.1) is 0 Å². The van der Waals surface area contributed by atoms with E-state index in [1.807, 2.05) is 43.3 Å². The second-order valence-electron chi connectivity index (χ2n) is 6.90. The van der Waals surface area contributed by atoms with Crippen molar-refractivity contribution in [2.45, 2.75) is 13.0 Å². The molecule has 2 aromatic rings. The first kappa shape index (κ1) is 17.4. The lowest BCUT2D eigenvalue weighted by atomic mass is 10.0. The molecule has 1 aliphatic heterocycles. The first-order chi connectivity index (χ1) is 12.0. The maximum Gasteiger partial charge on any atom is 0.225 e. The lowest BCUT2D eigenvalue weighted by Crippen LogP contribution is -2.35. The van der Waals surface area contributed by atoms with Gasteiger partial charge in [-0.05, 0) is 30.4 Å². The molecule has 0 radical (unpaired) electrons. The Morgan fingerprint density at radius 1 is 1.20 bits per heavy atom. The number of likely N-dealkylation sites (N-methyl/N-ethyl adjacent to an activating group) is 1. The topological polar surface area (TPSA) is 52.6 Å². The number of likely N-dealkylation sites (tertiary alicyclic amines) is 1. The third kappa shape index (κ3) is 4.17. The van der Waals surface area contributed by atoms with E-state index in [0.717, 1.165) is 17.5 Å². The predicted molar refractivity (Wildman–Crippen MR) is 99.0 cm³/mol. The Labute approximate surface area is 148 Å². The summed E-state index contributed by atoms with van der Waals surface area (Å²) in [7, 11) is 3.96. The van der Waals surface area contributed by atoms with E-state index in [9.17, 15) is 9.59 Å². The Morgan fingerprint density at radius 2 is 1.96 bits per heavy atom. The van der Waals surface area contributed by atoms with E-state index >= 15 is 0 Å². The van der Waals surface area contributed by atoms with Crippen molar-refractivity contribution >= 4 is 22.6 Å². The van der Waals surface area contributed by atoms with Crippen LogP contribution < -0.4 is 5.32 Å². The Bertz CT molecular complexity index is 767. The van der Waals surface area contributed by atoms with Crippen molar-refractivity contribution in [1.82, 2.24) is 15.1 Å². The van der Waals surface area contributed by atoms with E-state index < -0.39 is 0 Å². The summed E-state index contributed by atoms with van der Waals surface area (Å²) in [6.07, 6.45) is 0.314. The molecule has 2 amide bonds. The van der Waals surface area contributed by atoms with Crippen LogP contribution in [0.1, 0.15) is 12.0 Å². The van der Waals surface area contributed by atoms with Crippen LogP contribution in [-0.4, -0.2) is 55.3 Å². The van der Waals surface area contributed by atoms with E-state index in [1.165, 1.54) is 5.39 Å². The molecular formula is C20H25N3O2. The molecule has 3 rings (SSSR count). The molecule has 1 fully saturated rings. The molecule has 1 aliphatic rings. The van der Waals surface area contributed by atoms with Crippen molar-refractivity contribution in [3.8, 4) is 0 Å². The molecule has 1 atom stereocenters. The summed E-state index contributed by atoms with van der Waals surface area (Å²) in [6, 6.07) is 14.3. The first-order valence-corrected chi connectivity index (χ1v) is 8.71. The van der Waals surface area contributed by atoms with Crippen molar-refractivity contribution < 1.29 is 9.59 Å². The Balaban J connectivity index is 1.58. The number of amides is 2. The number of carbonyl (C=O) groups is 2. The molecule has 132 valence electrons. The maximum atomic E-state index is 12.5. The largest absolute Gasteiger partial charge is 0.352 e. The molecule has 5 heteroatoms. The highest BCUT2D eigenvalue weighted by Gasteiger charge is 2.33. The van der Waals surface area contributed by atoms with Crippen molar-refractivity contribution in [3.05, 3.63) is 48.0 Å². The molecule has 0 bridgehead atoms. The molecule has 1 heterocycles. The standard InChI is InChI=1S/C20H25N3O2/c1-22(2)10-11-23-14-17(12-19(23)24)20(25)21-13-16-8-5-7-15-6-3-4-9-18(15)16/h3-9,17H,10-14H2,1-2H3,(H,21,25). The Kier molecular flexibility index (Phi) is 5.34. The van der Waals surface area contributed by atoms with Gasteiger partial charge < -0.3 is 15.1 Å². The fraction of sp³-hybridized carbons (Fsp3) is 0.400. The summed E-state index contributed by atoms with van der Waals surface area (Å²) >= 11 is 0. The average Bonchev–Trinajstić information content (AvgIpc) is 2.98. The molecule has 0 saturated carbocycles. The summed E-state index contributed by atoms with van der Waals surface area (Å²) in [5.74, 6) is -0.203. The van der Waals surface area contributed by atoms with Crippen LogP contribution >= 0.6 is 0 Å². The van der Waals surface area contributed by atoms with E-state index in [-0.39, 0.29) is 17.7 Å². The number of hydrogen-bond acceptors (Lipinski definition) is 3. The summed E-state index contributed by atoms with van der Waals surface area (Å²) in [5, 5.41) is 5.33. The van der Waals surface area contributed by atoms with Gasteiger partial charge in [0.15, 0.2) is 0 Å². The van der Waals surface area contributed by atoms with Gasteiger partial charge in [-0.25, -0.2) is 0 Å². The highest BCUT2D eigenvalue weighted by molar-refractivity contribution is 5.90. The third-order valence-corrected chi connectivity index (χ3v) is 4.74. The molecule has 0 aromatic heterocycles. The number of nitrogens with one attached hydrogen (secondary N) is 1. The molecule has 25 heavy (non-hydrogen) atoms. The Morgan fingerprint density at radius 3 is 2.76 bits per heavy atom. The fourth-order valence-electron chi connectivity index (χ4n) is 3.26. The summed E-state index contributed by atoms with van der Waals surface area (Å²) < 4.78 is 0. The molecule has 1 saturated heterocycles. The van der Waals surface area contributed by atoms with Gasteiger partial charge in [0.25, 0.3) is 0 Å². The van der Waals surface area contributed by atoms with Crippen LogP contribution in [-0.2, 0) is 16.1 Å². The van der Waals surface area contributed by atoms with Gasteiger partial charge >= 0.3 is 0 Å². The van der Waals surface area contributed by atoms with Gasteiger partial charge in [-0.3, -0.25) is 9.59 Å². The van der Waals surface area contributed by atoms with Crippen LogP contribution in [0.2, 0.25) is 0 Å². The number of fused-ring (bicyclic) bond motifs is 1. The van der Waals surface area contributed by atoms with Crippen molar-refractivity contribution in [2.75, 3.05) is 33.7 Å². The van der Waals surface area contributed by atoms with Gasteiger partial charge in [0.2, 0.25) is 11.8 Å². The van der Waals surface area contributed by atoms with Gasteiger partial charge in [0, 0.05) is 32.6 Å². The predicted octanol–water partition coefficient (Wildman–Crippen LogP) is 1.87. The van der Waals surface area contributed by atoms with Crippen LogP contribution in [0.5, 0.6) is 0 Å². The molecule has 2 aromatic carbocycles. The quantitative estimate of drug-likeness (QED) is 0.874. The fourth-order valence-corrected chi connectivity index (χ4v) is 3.26. The zero-order valence-corrected chi connectivity index (χ0v) is 14.9. The molecule has 1 N–H and O–H groups in total. The third-order valence-electron chi connectivity index (χ3n) is 4.74. The van der Waals surface area contributed by atoms with Gasteiger partial charge in [-0.1, -0.05) is 42.5 Å². The lowest BCUT2D eigenvalue weighted by Gasteiger charge is -2.19. The van der Waals surface area contributed by atoms with Crippen LogP contribution in [0.25, 0.3) is 10.8 Å². The second-order valence-corrected chi connectivity index (χ2v) is 6.90. The first-order valence-electron chi connectivity index (χ1n) is 8.71. The number of nitrogens with zero attached hydrogens (tertiary/aromatic N) is 2. The zero-order chi connectivity index (χ0) is 17.8. The number of rotatable bonds is 6.